The van der Waals surface area contributed by atoms with Gasteiger partial charge in [0.05, 0.1) is 0 Å². The number of hydrogen-bond donors (Lipinski definition) is 0. The Morgan fingerprint density at radius 1 is 0.302 bits per heavy atom. The Kier molecular flexibility index (Phi) is 9.28. The topological polar surface area (TPSA) is 6.48 Å². The molecule has 0 saturated heterocycles. The molecule has 0 aliphatic rings. The van der Waals surface area contributed by atoms with E-state index in [2.05, 4.69) is 251 Å². The molecule has 0 unspecified atom stereocenters. The Hall–Kier alpha value is -7.42. The fraction of sp³-hybridized carbons (Fsp3) is 0.115. The summed E-state index contributed by atoms with van der Waals surface area (Å²) in [4.78, 5) is 4.88. The number of benzene rings is 11. The monoisotopic (exact) mass is 810 g/mol. The maximum Gasteiger partial charge on any atom is 0.0468 e. The lowest BCUT2D eigenvalue weighted by molar-refractivity contribution is 0.601. The quantitative estimate of drug-likeness (QED) is 0.148. The van der Waals surface area contributed by atoms with Crippen LogP contribution in [0.1, 0.15) is 51.7 Å². The van der Waals surface area contributed by atoms with Crippen LogP contribution in [-0.4, -0.2) is 0 Å². The molecule has 11 aromatic rings. The summed E-state index contributed by atoms with van der Waals surface area (Å²) in [6, 6.07) is 76.4. The lowest BCUT2D eigenvalue weighted by Crippen LogP contribution is -2.15. The minimum Gasteiger partial charge on any atom is -0.310 e. The smallest absolute Gasteiger partial charge is 0.0468 e. The number of hydrogen-bond acceptors (Lipinski definition) is 2. The van der Waals surface area contributed by atoms with Gasteiger partial charge < -0.3 is 9.80 Å². The summed E-state index contributed by atoms with van der Waals surface area (Å²) in [6.45, 7) is 11.8. The molecule has 0 saturated carbocycles. The van der Waals surface area contributed by atoms with Crippen LogP contribution >= 0.6 is 0 Å². The van der Waals surface area contributed by atoms with Crippen LogP contribution in [0.25, 0.3) is 64.6 Å². The minimum absolute atomic E-state index is 0.154. The van der Waals surface area contributed by atoms with E-state index in [4.69, 9.17) is 0 Å². The standard InChI is InChI=1S/C61H50N2/c1-40(2)59-55-32-30-54(63(51-28-24-43-16-8-12-20-47(43)36-51)52-29-25-44-17-9-13-21-48(44)37-52)39-58(55)60(61(3,4)5)56-33-31-53(38-57(56)59)62(49-26-22-41-14-6-10-18-45(41)34-49)50-27-23-42-15-7-11-19-46(42)35-50/h6-40H,1-5H3. The van der Waals surface area contributed by atoms with Gasteiger partial charge in [0.25, 0.3) is 0 Å². The third kappa shape index (κ3) is 6.84. The third-order valence-electron chi connectivity index (χ3n) is 12.9. The molecule has 0 aromatic heterocycles. The zero-order valence-electron chi connectivity index (χ0n) is 36.6. The molecule has 2 heteroatoms. The second-order valence-electron chi connectivity index (χ2n) is 18.4. The van der Waals surface area contributed by atoms with E-state index in [0.717, 1.165) is 34.1 Å². The lowest BCUT2D eigenvalue weighted by atomic mass is 9.77. The van der Waals surface area contributed by atoms with Crippen molar-refractivity contribution < 1.29 is 0 Å². The maximum atomic E-state index is 2.47. The van der Waals surface area contributed by atoms with Crippen LogP contribution in [0.5, 0.6) is 0 Å². The zero-order chi connectivity index (χ0) is 42.8. The molecule has 11 rings (SSSR count). The van der Waals surface area contributed by atoms with Crippen LogP contribution in [0.4, 0.5) is 34.1 Å². The van der Waals surface area contributed by atoms with Crippen LogP contribution in [-0.2, 0) is 5.41 Å². The largest absolute Gasteiger partial charge is 0.310 e. The van der Waals surface area contributed by atoms with E-state index in [1.54, 1.807) is 0 Å². The van der Waals surface area contributed by atoms with Crippen LogP contribution in [0, 0.1) is 0 Å². The van der Waals surface area contributed by atoms with Crippen molar-refractivity contribution in [1.29, 1.82) is 0 Å². The van der Waals surface area contributed by atoms with Gasteiger partial charge in [-0.25, -0.2) is 0 Å². The first-order valence-electron chi connectivity index (χ1n) is 22.3. The van der Waals surface area contributed by atoms with Crippen LogP contribution in [0.3, 0.4) is 0 Å². The average molecular weight is 811 g/mol. The van der Waals surface area contributed by atoms with Gasteiger partial charge >= 0.3 is 0 Å². The fourth-order valence-electron chi connectivity index (χ4n) is 10.1. The molecule has 0 heterocycles. The molecule has 0 aliphatic carbocycles. The predicted molar refractivity (Wildman–Crippen MR) is 274 cm³/mol. The van der Waals surface area contributed by atoms with E-state index >= 15 is 0 Å². The van der Waals surface area contributed by atoms with Gasteiger partial charge in [0, 0.05) is 34.1 Å². The van der Waals surface area contributed by atoms with Crippen LogP contribution in [0.15, 0.2) is 206 Å². The summed E-state index contributed by atoms with van der Waals surface area (Å²) in [5.41, 5.74) is 9.42. The van der Waals surface area contributed by atoms with Gasteiger partial charge in [0.2, 0.25) is 0 Å². The van der Waals surface area contributed by atoms with E-state index in [0.29, 0.717) is 0 Å². The molecule has 0 aliphatic heterocycles. The Morgan fingerprint density at radius 3 is 0.952 bits per heavy atom. The molecular formula is C61H50N2. The van der Waals surface area contributed by atoms with Gasteiger partial charge in [-0.3, -0.25) is 0 Å². The number of anilines is 6. The first kappa shape index (κ1) is 38.5. The molecule has 11 aromatic carbocycles. The van der Waals surface area contributed by atoms with Gasteiger partial charge in [-0.2, -0.15) is 0 Å². The van der Waals surface area contributed by atoms with Crippen molar-refractivity contribution in [2.24, 2.45) is 0 Å². The average Bonchev–Trinajstić information content (AvgIpc) is 3.30. The Labute approximate surface area is 370 Å². The van der Waals surface area contributed by atoms with Gasteiger partial charge in [0.15, 0.2) is 0 Å². The highest BCUT2D eigenvalue weighted by Crippen LogP contribution is 2.48. The highest BCUT2D eigenvalue weighted by Gasteiger charge is 2.27. The van der Waals surface area contributed by atoms with E-state index in [1.807, 2.05) is 0 Å². The summed E-state index contributed by atoms with van der Waals surface area (Å²) >= 11 is 0. The molecule has 0 spiro atoms. The molecule has 0 amide bonds. The lowest BCUT2D eigenvalue weighted by Gasteiger charge is -2.31. The van der Waals surface area contributed by atoms with Crippen LogP contribution < -0.4 is 9.80 Å². The second kappa shape index (κ2) is 15.2. The molecule has 0 radical (unpaired) electrons. The summed E-state index contributed by atoms with van der Waals surface area (Å²) in [6.07, 6.45) is 0. The molecule has 0 N–H and O–H groups in total. The highest BCUT2D eigenvalue weighted by atomic mass is 15.1. The fourth-order valence-corrected chi connectivity index (χ4v) is 10.1. The van der Waals surface area contributed by atoms with Crippen LogP contribution in [0.2, 0.25) is 0 Å². The van der Waals surface area contributed by atoms with E-state index in [-0.39, 0.29) is 11.3 Å². The van der Waals surface area contributed by atoms with Gasteiger partial charge in [-0.05, 0) is 160 Å². The van der Waals surface area contributed by atoms with E-state index in [1.165, 1.54) is 75.8 Å². The molecule has 0 fully saturated rings. The molecule has 0 atom stereocenters. The van der Waals surface area contributed by atoms with Crippen molar-refractivity contribution in [3.63, 3.8) is 0 Å². The van der Waals surface area contributed by atoms with Crippen molar-refractivity contribution in [2.45, 2.75) is 46.0 Å². The minimum atomic E-state index is -0.154. The molecular weight excluding hydrogens is 761 g/mol. The maximum absolute atomic E-state index is 2.47. The Morgan fingerprint density at radius 2 is 0.603 bits per heavy atom. The van der Waals surface area contributed by atoms with Gasteiger partial charge in [0.1, 0.15) is 0 Å². The first-order valence-corrected chi connectivity index (χ1v) is 22.3. The van der Waals surface area contributed by atoms with Gasteiger partial charge in [-0.15, -0.1) is 0 Å². The SMILES string of the molecule is CC(C)c1c2cc(N(c3ccc4ccccc4c3)c3ccc4ccccc4c3)ccc2c(C(C)(C)C)c2cc(N(c3ccc4ccccc4c3)c3ccc4ccccc4c3)ccc12. The molecule has 2 nitrogen and oxygen atoms in total. The first-order chi connectivity index (χ1) is 30.7. The summed E-state index contributed by atoms with van der Waals surface area (Å²) in [7, 11) is 0. The van der Waals surface area contributed by atoms with Crippen molar-refractivity contribution in [3.05, 3.63) is 217 Å². The predicted octanol–water partition coefficient (Wildman–Crippen LogP) is 18.0. The van der Waals surface area contributed by atoms with Crippen molar-refractivity contribution in [2.75, 3.05) is 9.80 Å². The zero-order valence-corrected chi connectivity index (χ0v) is 36.6. The van der Waals surface area contributed by atoms with E-state index < -0.39 is 0 Å². The number of fused-ring (bicyclic) bond motifs is 6. The highest BCUT2D eigenvalue weighted by molar-refractivity contribution is 6.10. The number of rotatable bonds is 7. The summed E-state index contributed by atoms with van der Waals surface area (Å²) in [5.74, 6) is 0.275. The van der Waals surface area contributed by atoms with Gasteiger partial charge in [-0.1, -0.05) is 168 Å². The van der Waals surface area contributed by atoms with E-state index in [9.17, 15) is 0 Å². The Balaban J connectivity index is 1.15. The summed E-state index contributed by atoms with van der Waals surface area (Å²) < 4.78 is 0. The normalized spacial score (nSPS) is 12.0. The van der Waals surface area contributed by atoms with Crippen molar-refractivity contribution >= 4 is 98.8 Å². The second-order valence-corrected chi connectivity index (χ2v) is 18.4. The summed E-state index contributed by atoms with van der Waals surface area (Å²) in [5, 5.41) is 15.1. The van der Waals surface area contributed by atoms with Crippen molar-refractivity contribution in [3.8, 4) is 0 Å². The number of nitrogens with zero attached hydrogens (tertiary/aromatic N) is 2. The van der Waals surface area contributed by atoms with Crippen molar-refractivity contribution in [1.82, 2.24) is 0 Å². The third-order valence-corrected chi connectivity index (χ3v) is 12.9. The molecule has 304 valence electrons. The molecule has 63 heavy (non-hydrogen) atoms. The molecule has 0 bridgehead atoms. The Bertz CT molecular complexity index is 3390.